The van der Waals surface area contributed by atoms with Gasteiger partial charge in [0.25, 0.3) is 0 Å². The van der Waals surface area contributed by atoms with E-state index in [1.807, 2.05) is 6.08 Å². The van der Waals surface area contributed by atoms with Gasteiger partial charge in [-0.1, -0.05) is 24.0 Å². The molecule has 0 amide bonds. The summed E-state index contributed by atoms with van der Waals surface area (Å²) in [7, 11) is 0. The highest BCUT2D eigenvalue weighted by atomic mass is 16.6. The predicted molar refractivity (Wildman–Crippen MR) is 109 cm³/mol. The zero-order chi connectivity index (χ0) is 19.3. The van der Waals surface area contributed by atoms with Gasteiger partial charge in [0.1, 0.15) is 18.5 Å². The minimum atomic E-state index is 0.0248. The standard InChI is InChI=1S/C24H29NO3/c1-18-15-23(28-17-24-16-26-13-14-27-24)11-12-25(18)19(2)22-9-7-21(8-10-22)6-5-20-3-4-20/h7-12,15,18-20,24H,3-4,13-14,16-17H2,1-2H3. The van der Waals surface area contributed by atoms with Gasteiger partial charge in [-0.2, -0.15) is 0 Å². The zero-order valence-electron chi connectivity index (χ0n) is 16.8. The molecule has 4 nitrogen and oxygen atoms in total. The van der Waals surface area contributed by atoms with Crippen LogP contribution in [-0.4, -0.2) is 43.5 Å². The molecule has 0 radical (unpaired) electrons. The average Bonchev–Trinajstić information content (AvgIpc) is 3.56. The van der Waals surface area contributed by atoms with Crippen molar-refractivity contribution >= 4 is 0 Å². The molecule has 3 aliphatic rings. The third-order valence-corrected chi connectivity index (χ3v) is 5.45. The molecule has 0 aromatic heterocycles. The Balaban J connectivity index is 1.32. The van der Waals surface area contributed by atoms with E-state index >= 15 is 0 Å². The largest absolute Gasteiger partial charge is 0.491 e. The van der Waals surface area contributed by atoms with Gasteiger partial charge in [-0.05, 0) is 56.5 Å². The molecule has 2 aliphatic heterocycles. The summed E-state index contributed by atoms with van der Waals surface area (Å²) in [5.74, 6) is 8.14. The van der Waals surface area contributed by atoms with Crippen LogP contribution in [-0.2, 0) is 14.2 Å². The molecule has 1 saturated heterocycles. The molecule has 0 bridgehead atoms. The van der Waals surface area contributed by atoms with Gasteiger partial charge < -0.3 is 19.1 Å². The van der Waals surface area contributed by atoms with Crippen LogP contribution in [0.3, 0.4) is 0 Å². The fraction of sp³-hybridized carbons (Fsp3) is 0.500. The van der Waals surface area contributed by atoms with Crippen LogP contribution in [0.2, 0.25) is 0 Å². The monoisotopic (exact) mass is 379 g/mol. The Kier molecular flexibility index (Phi) is 6.04. The highest BCUT2D eigenvalue weighted by Crippen LogP contribution is 2.29. The molecule has 1 aromatic carbocycles. The number of benzene rings is 1. The highest BCUT2D eigenvalue weighted by molar-refractivity contribution is 5.38. The molecule has 148 valence electrons. The second-order valence-corrected chi connectivity index (χ2v) is 7.79. The predicted octanol–water partition coefficient (Wildman–Crippen LogP) is 4.04. The van der Waals surface area contributed by atoms with Crippen molar-refractivity contribution in [2.24, 2.45) is 5.92 Å². The molecule has 2 fully saturated rings. The van der Waals surface area contributed by atoms with Crippen molar-refractivity contribution in [3.05, 3.63) is 59.5 Å². The first-order valence-corrected chi connectivity index (χ1v) is 10.3. The summed E-state index contributed by atoms with van der Waals surface area (Å²) in [6.07, 6.45) is 8.88. The maximum absolute atomic E-state index is 5.92. The van der Waals surface area contributed by atoms with Crippen LogP contribution in [0.15, 0.2) is 48.4 Å². The molecule has 3 atom stereocenters. The third-order valence-electron chi connectivity index (χ3n) is 5.45. The molecule has 1 saturated carbocycles. The smallest absolute Gasteiger partial charge is 0.118 e. The van der Waals surface area contributed by atoms with Crippen LogP contribution in [0.1, 0.15) is 43.9 Å². The first-order chi connectivity index (χ1) is 13.7. The van der Waals surface area contributed by atoms with Crippen molar-refractivity contribution < 1.29 is 14.2 Å². The van der Waals surface area contributed by atoms with E-state index in [4.69, 9.17) is 14.2 Å². The summed E-state index contributed by atoms with van der Waals surface area (Å²) < 4.78 is 17.0. The third kappa shape index (κ3) is 4.98. The van der Waals surface area contributed by atoms with Gasteiger partial charge in [-0.15, -0.1) is 0 Å². The fourth-order valence-electron chi connectivity index (χ4n) is 3.50. The lowest BCUT2D eigenvalue weighted by Gasteiger charge is -2.35. The molecule has 3 unspecified atom stereocenters. The van der Waals surface area contributed by atoms with E-state index < -0.39 is 0 Å². The topological polar surface area (TPSA) is 30.9 Å². The minimum absolute atomic E-state index is 0.0248. The summed E-state index contributed by atoms with van der Waals surface area (Å²) in [5, 5.41) is 0. The average molecular weight is 380 g/mol. The second kappa shape index (κ2) is 8.86. The molecule has 0 N–H and O–H groups in total. The molecule has 0 spiro atoms. The van der Waals surface area contributed by atoms with Crippen LogP contribution in [0.4, 0.5) is 0 Å². The van der Waals surface area contributed by atoms with Gasteiger partial charge in [0.05, 0.1) is 25.9 Å². The van der Waals surface area contributed by atoms with Crippen LogP contribution in [0.5, 0.6) is 0 Å². The van der Waals surface area contributed by atoms with E-state index in [-0.39, 0.29) is 18.2 Å². The lowest BCUT2D eigenvalue weighted by Crippen LogP contribution is -2.34. The van der Waals surface area contributed by atoms with E-state index in [2.05, 4.69) is 67.1 Å². The normalized spacial score (nSPS) is 25.5. The highest BCUT2D eigenvalue weighted by Gasteiger charge is 2.22. The SMILES string of the molecule is CC1C=C(OCC2COCCO2)C=CN1C(C)c1ccc(C#CC2CC2)cc1. The van der Waals surface area contributed by atoms with Crippen LogP contribution >= 0.6 is 0 Å². The summed E-state index contributed by atoms with van der Waals surface area (Å²) in [6, 6.07) is 9.19. The van der Waals surface area contributed by atoms with Crippen molar-refractivity contribution in [1.82, 2.24) is 4.90 Å². The zero-order valence-corrected chi connectivity index (χ0v) is 16.8. The maximum Gasteiger partial charge on any atom is 0.118 e. The van der Waals surface area contributed by atoms with Gasteiger partial charge in [-0.25, -0.2) is 0 Å². The van der Waals surface area contributed by atoms with Crippen LogP contribution < -0.4 is 0 Å². The minimum Gasteiger partial charge on any atom is -0.491 e. The number of nitrogens with zero attached hydrogens (tertiary/aromatic N) is 1. The summed E-state index contributed by atoms with van der Waals surface area (Å²) in [6.45, 7) is 6.89. The number of hydrogen-bond donors (Lipinski definition) is 0. The van der Waals surface area contributed by atoms with E-state index in [9.17, 15) is 0 Å². The van der Waals surface area contributed by atoms with Gasteiger partial charge >= 0.3 is 0 Å². The fourth-order valence-corrected chi connectivity index (χ4v) is 3.50. The lowest BCUT2D eigenvalue weighted by molar-refractivity contribution is -0.108. The molecule has 1 aliphatic carbocycles. The van der Waals surface area contributed by atoms with Crippen molar-refractivity contribution in [3.63, 3.8) is 0 Å². The maximum atomic E-state index is 5.92. The first kappa shape index (κ1) is 19.1. The number of hydrogen-bond acceptors (Lipinski definition) is 4. The molecular formula is C24H29NO3. The van der Waals surface area contributed by atoms with E-state index in [0.717, 1.165) is 11.3 Å². The molecule has 4 rings (SSSR count). The number of allylic oxidation sites excluding steroid dienone is 1. The molecule has 1 aromatic rings. The van der Waals surface area contributed by atoms with Gasteiger partial charge in [0.2, 0.25) is 0 Å². The molecule has 2 heterocycles. The Bertz CT molecular complexity index is 776. The van der Waals surface area contributed by atoms with E-state index in [0.29, 0.717) is 32.3 Å². The summed E-state index contributed by atoms with van der Waals surface area (Å²) in [5.41, 5.74) is 2.40. The van der Waals surface area contributed by atoms with Crippen molar-refractivity contribution in [3.8, 4) is 11.8 Å². The van der Waals surface area contributed by atoms with Crippen molar-refractivity contribution in [2.45, 2.75) is 44.9 Å². The number of ether oxygens (including phenoxy) is 3. The van der Waals surface area contributed by atoms with E-state index in [1.165, 1.54) is 18.4 Å². The Morgan fingerprint density at radius 3 is 2.71 bits per heavy atom. The van der Waals surface area contributed by atoms with Crippen molar-refractivity contribution in [1.29, 1.82) is 0 Å². The quantitative estimate of drug-likeness (QED) is 0.723. The molecular weight excluding hydrogens is 350 g/mol. The number of rotatable bonds is 5. The Hall–Kier alpha value is -2.22. The Morgan fingerprint density at radius 1 is 1.21 bits per heavy atom. The lowest BCUT2D eigenvalue weighted by atomic mass is 10.0. The summed E-state index contributed by atoms with van der Waals surface area (Å²) in [4.78, 5) is 2.35. The second-order valence-electron chi connectivity index (χ2n) is 7.79. The van der Waals surface area contributed by atoms with Crippen LogP contribution in [0.25, 0.3) is 0 Å². The van der Waals surface area contributed by atoms with Gasteiger partial charge in [0.15, 0.2) is 0 Å². The first-order valence-electron chi connectivity index (χ1n) is 10.3. The van der Waals surface area contributed by atoms with Gasteiger partial charge in [-0.3, -0.25) is 0 Å². The molecule has 28 heavy (non-hydrogen) atoms. The van der Waals surface area contributed by atoms with E-state index in [1.54, 1.807) is 0 Å². The van der Waals surface area contributed by atoms with Gasteiger partial charge in [0, 0.05) is 23.7 Å². The molecule has 4 heteroatoms. The van der Waals surface area contributed by atoms with Crippen molar-refractivity contribution in [2.75, 3.05) is 26.4 Å². The Labute approximate surface area is 168 Å². The Morgan fingerprint density at radius 2 is 2.04 bits per heavy atom. The van der Waals surface area contributed by atoms with Crippen LogP contribution in [0, 0.1) is 17.8 Å². The summed E-state index contributed by atoms with van der Waals surface area (Å²) >= 11 is 0.